The minimum Gasteiger partial charge on any atom is -0.488 e. The maximum atomic E-state index is 15.2. The van der Waals surface area contributed by atoms with Crippen LogP contribution in [0.15, 0.2) is 41.7 Å². The first-order valence-corrected chi connectivity index (χ1v) is 14.5. The van der Waals surface area contributed by atoms with Crippen LogP contribution in [0.1, 0.15) is 18.5 Å². The predicted molar refractivity (Wildman–Crippen MR) is 159 cm³/mol. The number of piperazine rings is 1. The van der Waals surface area contributed by atoms with Crippen LogP contribution < -0.4 is 15.2 Å². The van der Waals surface area contributed by atoms with Crippen LogP contribution in [0.5, 0.6) is 5.75 Å². The monoisotopic (exact) mass is 609 g/mol. The molecule has 0 bridgehead atoms. The molecular weight excluding hydrogens is 580 g/mol. The fraction of sp³-hybridized carbons (Fsp3) is 0.387. The van der Waals surface area contributed by atoms with E-state index in [1.807, 2.05) is 11.8 Å². The van der Waals surface area contributed by atoms with E-state index in [9.17, 15) is 19.2 Å². The quantitative estimate of drug-likeness (QED) is 0.405. The number of morpholine rings is 1. The van der Waals surface area contributed by atoms with Crippen molar-refractivity contribution < 1.29 is 23.0 Å². The standard InChI is InChI=1S/C31H30ClF2N5O4/c1-3-26(40)37-6-7-38(18(2)15-37)28-22-13-24(32)27(21-5-4-19(33)12-25(21)34)30-29(22)39(31(41)23(28)14-35)20(17-43-30)16-36-8-10-42-11-9-36/h3-5,12-13,18,20H,1,6-11,15-17H2,2H3/t18-,20?/m0/s1. The third kappa shape index (κ3) is 5.03. The smallest absolute Gasteiger partial charge is 0.271 e. The first-order valence-electron chi connectivity index (χ1n) is 14.1. The Labute approximate surface area is 252 Å². The van der Waals surface area contributed by atoms with Gasteiger partial charge in [0.15, 0.2) is 5.75 Å². The molecule has 0 saturated carbocycles. The number of amides is 1. The summed E-state index contributed by atoms with van der Waals surface area (Å²) in [6, 6.07) is 6.27. The van der Waals surface area contributed by atoms with Gasteiger partial charge in [-0.1, -0.05) is 18.2 Å². The van der Waals surface area contributed by atoms with Gasteiger partial charge in [-0.25, -0.2) is 8.78 Å². The van der Waals surface area contributed by atoms with E-state index in [-0.39, 0.29) is 46.0 Å². The topological polar surface area (TPSA) is 91.0 Å². The number of ether oxygens (including phenoxy) is 2. The number of rotatable bonds is 5. The van der Waals surface area contributed by atoms with E-state index in [4.69, 9.17) is 21.1 Å². The molecular formula is C31H30ClF2N5O4. The number of carbonyl (C=O) groups excluding carboxylic acids is 1. The van der Waals surface area contributed by atoms with Crippen LogP contribution in [-0.2, 0) is 9.53 Å². The summed E-state index contributed by atoms with van der Waals surface area (Å²) in [6.07, 6.45) is 1.26. The zero-order valence-electron chi connectivity index (χ0n) is 23.6. The van der Waals surface area contributed by atoms with Crippen LogP contribution >= 0.6 is 11.6 Å². The van der Waals surface area contributed by atoms with Gasteiger partial charge in [0.2, 0.25) is 5.91 Å². The summed E-state index contributed by atoms with van der Waals surface area (Å²) in [6.45, 7) is 9.62. The van der Waals surface area contributed by atoms with Gasteiger partial charge >= 0.3 is 0 Å². The lowest BCUT2D eigenvalue weighted by atomic mass is 9.96. The Morgan fingerprint density at radius 1 is 1.21 bits per heavy atom. The number of anilines is 1. The Bertz CT molecular complexity index is 1730. The van der Waals surface area contributed by atoms with Gasteiger partial charge in [0.05, 0.1) is 35.5 Å². The Morgan fingerprint density at radius 2 is 1.98 bits per heavy atom. The third-order valence-electron chi connectivity index (χ3n) is 8.44. The van der Waals surface area contributed by atoms with Crippen molar-refractivity contribution >= 4 is 34.1 Å². The van der Waals surface area contributed by atoms with E-state index in [1.54, 1.807) is 15.5 Å². The van der Waals surface area contributed by atoms with Gasteiger partial charge in [-0.15, -0.1) is 0 Å². The maximum Gasteiger partial charge on any atom is 0.271 e. The molecule has 2 fully saturated rings. The summed E-state index contributed by atoms with van der Waals surface area (Å²) >= 11 is 6.85. The molecule has 43 heavy (non-hydrogen) atoms. The Morgan fingerprint density at radius 3 is 2.65 bits per heavy atom. The van der Waals surface area contributed by atoms with Crippen molar-refractivity contribution in [2.75, 3.05) is 64.0 Å². The summed E-state index contributed by atoms with van der Waals surface area (Å²) in [4.78, 5) is 32.4. The van der Waals surface area contributed by atoms with Crippen molar-refractivity contribution in [1.82, 2.24) is 14.4 Å². The summed E-state index contributed by atoms with van der Waals surface area (Å²) in [5.74, 6) is -1.56. The predicted octanol–water partition coefficient (Wildman–Crippen LogP) is 3.96. The van der Waals surface area contributed by atoms with Crippen LogP contribution in [0.25, 0.3) is 22.0 Å². The van der Waals surface area contributed by atoms with E-state index in [0.29, 0.717) is 69.1 Å². The largest absolute Gasteiger partial charge is 0.488 e. The number of carbonyl (C=O) groups is 1. The van der Waals surface area contributed by atoms with Gasteiger partial charge in [0.25, 0.3) is 5.56 Å². The lowest BCUT2D eigenvalue weighted by molar-refractivity contribution is -0.126. The fourth-order valence-corrected chi connectivity index (χ4v) is 6.71. The van der Waals surface area contributed by atoms with Crippen LogP contribution in [0.4, 0.5) is 14.5 Å². The first-order chi connectivity index (χ1) is 20.7. The molecule has 12 heteroatoms. The molecule has 0 spiro atoms. The van der Waals surface area contributed by atoms with Crippen molar-refractivity contribution in [2.24, 2.45) is 0 Å². The van der Waals surface area contributed by atoms with E-state index >= 15 is 4.39 Å². The Kier molecular flexibility index (Phi) is 7.85. The number of pyridine rings is 1. The lowest BCUT2D eigenvalue weighted by Crippen LogP contribution is -2.54. The summed E-state index contributed by atoms with van der Waals surface area (Å²) in [5, 5.41) is 11.0. The van der Waals surface area contributed by atoms with Crippen LogP contribution in [-0.4, -0.2) is 85.4 Å². The third-order valence-corrected chi connectivity index (χ3v) is 8.74. The number of halogens is 3. The van der Waals surface area contributed by atoms with Gasteiger partial charge in [-0.2, -0.15) is 5.26 Å². The van der Waals surface area contributed by atoms with Crippen LogP contribution in [0.3, 0.4) is 0 Å². The van der Waals surface area contributed by atoms with Gasteiger partial charge in [0.1, 0.15) is 29.9 Å². The molecule has 3 aliphatic heterocycles. The van der Waals surface area contributed by atoms with Crippen molar-refractivity contribution in [1.29, 1.82) is 5.26 Å². The molecule has 9 nitrogen and oxygen atoms in total. The lowest BCUT2D eigenvalue weighted by Gasteiger charge is -2.42. The van der Waals surface area contributed by atoms with E-state index < -0.39 is 23.2 Å². The summed E-state index contributed by atoms with van der Waals surface area (Å²) < 4.78 is 42.4. The zero-order chi connectivity index (χ0) is 30.4. The molecule has 6 rings (SSSR count). The number of hydrogen-bond acceptors (Lipinski definition) is 7. The molecule has 3 aromatic rings. The number of nitrogens with zero attached hydrogens (tertiary/aromatic N) is 5. The minimum atomic E-state index is -0.823. The highest BCUT2D eigenvalue weighted by Crippen LogP contribution is 2.48. The SMILES string of the molecule is C=CC(=O)N1CCN(c2c(C#N)c(=O)n3c4c(c(-c5ccc(F)cc5F)c(Cl)cc24)OCC3CN2CCOCC2)[C@@H](C)C1. The van der Waals surface area contributed by atoms with Crippen molar-refractivity contribution in [3.63, 3.8) is 0 Å². The Hall–Kier alpha value is -3.98. The zero-order valence-corrected chi connectivity index (χ0v) is 24.4. The molecule has 1 aromatic heterocycles. The van der Waals surface area contributed by atoms with Crippen molar-refractivity contribution in [2.45, 2.75) is 19.0 Å². The molecule has 3 aliphatic rings. The number of nitriles is 1. The average molecular weight is 610 g/mol. The normalized spacial score (nSPS) is 20.5. The fourth-order valence-electron chi connectivity index (χ4n) is 6.41. The van der Waals surface area contributed by atoms with Gasteiger partial charge in [-0.05, 0) is 31.2 Å². The molecule has 224 valence electrons. The molecule has 4 heterocycles. The molecule has 1 amide bonds. The number of aromatic nitrogens is 1. The Balaban J connectivity index is 1.60. The molecule has 0 N–H and O–H groups in total. The number of benzene rings is 2. The van der Waals surface area contributed by atoms with E-state index in [2.05, 4.69) is 17.5 Å². The van der Waals surface area contributed by atoms with E-state index in [0.717, 1.165) is 12.1 Å². The molecule has 2 aromatic carbocycles. The second kappa shape index (κ2) is 11.6. The summed E-state index contributed by atoms with van der Waals surface area (Å²) in [7, 11) is 0. The summed E-state index contributed by atoms with van der Waals surface area (Å²) in [5.41, 5.74) is 0.488. The van der Waals surface area contributed by atoms with Gasteiger partial charge in [-0.3, -0.25) is 19.1 Å². The highest BCUT2D eigenvalue weighted by Gasteiger charge is 2.36. The first kappa shape index (κ1) is 29.1. The second-order valence-electron chi connectivity index (χ2n) is 11.0. The highest BCUT2D eigenvalue weighted by molar-refractivity contribution is 6.35. The highest BCUT2D eigenvalue weighted by atomic mass is 35.5. The van der Waals surface area contributed by atoms with Crippen molar-refractivity contribution in [3.05, 3.63) is 69.5 Å². The molecule has 2 atom stereocenters. The molecule has 2 saturated heterocycles. The average Bonchev–Trinajstić information content (AvgIpc) is 3.00. The van der Waals surface area contributed by atoms with Crippen LogP contribution in [0.2, 0.25) is 5.02 Å². The number of hydrogen-bond donors (Lipinski definition) is 0. The van der Waals surface area contributed by atoms with E-state index in [1.165, 1.54) is 12.1 Å². The van der Waals surface area contributed by atoms with Gasteiger partial charge < -0.3 is 19.3 Å². The minimum absolute atomic E-state index is 0.0322. The molecule has 0 aliphatic carbocycles. The van der Waals surface area contributed by atoms with Crippen molar-refractivity contribution in [3.8, 4) is 22.9 Å². The second-order valence-corrected chi connectivity index (χ2v) is 11.4. The molecule has 0 radical (unpaired) electrons. The van der Waals surface area contributed by atoms with Crippen LogP contribution in [0, 0.1) is 23.0 Å². The maximum absolute atomic E-state index is 15.2. The van der Waals surface area contributed by atoms with Gasteiger partial charge in [0, 0.05) is 67.9 Å². The molecule has 1 unspecified atom stereocenters.